The number of carbonyl (C=O) groups excluding carboxylic acids is 2. The average molecular weight is 468 g/mol. The monoisotopic (exact) mass is 467 g/mol. The Morgan fingerprint density at radius 1 is 1.32 bits per heavy atom. The SMILES string of the molecule is CCCOC(=O)c1c(NC(=O)C(C)n2nc(C)c(Br)c2C)sc2c1CCCC2. The standard InChI is InChI=1S/C20H26BrN3O3S/c1-5-10-27-20(26)16-14-8-6-7-9-15(14)28-19(16)22-18(25)13(4)24-12(3)17(21)11(2)23-24/h13H,5-10H2,1-4H3,(H,22,25). The summed E-state index contributed by atoms with van der Waals surface area (Å²) in [4.78, 5) is 26.8. The van der Waals surface area contributed by atoms with Gasteiger partial charge in [-0.1, -0.05) is 6.92 Å². The normalized spacial score (nSPS) is 14.5. The smallest absolute Gasteiger partial charge is 0.341 e. The lowest BCUT2D eigenvalue weighted by atomic mass is 9.95. The van der Waals surface area contributed by atoms with Crippen LogP contribution in [-0.2, 0) is 22.4 Å². The van der Waals surface area contributed by atoms with Gasteiger partial charge in [-0.3, -0.25) is 9.48 Å². The molecule has 8 heteroatoms. The second-order valence-electron chi connectivity index (χ2n) is 7.15. The van der Waals surface area contributed by atoms with Crippen molar-refractivity contribution in [1.29, 1.82) is 0 Å². The van der Waals surface area contributed by atoms with E-state index in [2.05, 4.69) is 26.3 Å². The van der Waals surface area contributed by atoms with Gasteiger partial charge in [0.05, 0.1) is 28.0 Å². The highest BCUT2D eigenvalue weighted by atomic mass is 79.9. The molecule has 1 atom stereocenters. The zero-order chi connectivity index (χ0) is 20.4. The van der Waals surface area contributed by atoms with Gasteiger partial charge >= 0.3 is 5.97 Å². The minimum atomic E-state index is -0.497. The van der Waals surface area contributed by atoms with Gasteiger partial charge in [0.25, 0.3) is 0 Å². The van der Waals surface area contributed by atoms with Crippen LogP contribution >= 0.6 is 27.3 Å². The van der Waals surface area contributed by atoms with Crippen LogP contribution < -0.4 is 5.32 Å². The van der Waals surface area contributed by atoms with Crippen molar-refractivity contribution in [3.05, 3.63) is 31.9 Å². The summed E-state index contributed by atoms with van der Waals surface area (Å²) >= 11 is 5.01. The molecule has 0 aromatic carbocycles. The van der Waals surface area contributed by atoms with Crippen LogP contribution in [0.4, 0.5) is 5.00 Å². The van der Waals surface area contributed by atoms with Crippen LogP contribution in [0.3, 0.4) is 0 Å². The Morgan fingerprint density at radius 3 is 2.68 bits per heavy atom. The van der Waals surface area contributed by atoms with Crippen LogP contribution in [0.1, 0.15) is 71.3 Å². The number of nitrogens with one attached hydrogen (secondary N) is 1. The number of nitrogens with zero attached hydrogens (tertiary/aromatic N) is 2. The van der Waals surface area contributed by atoms with Crippen molar-refractivity contribution in [2.45, 2.75) is 65.8 Å². The van der Waals surface area contributed by atoms with E-state index in [1.807, 2.05) is 27.7 Å². The zero-order valence-corrected chi connectivity index (χ0v) is 19.1. The first-order valence-electron chi connectivity index (χ1n) is 9.68. The maximum absolute atomic E-state index is 13.0. The molecule has 3 rings (SSSR count). The third-order valence-electron chi connectivity index (χ3n) is 5.03. The largest absolute Gasteiger partial charge is 0.462 e. The van der Waals surface area contributed by atoms with Crippen LogP contribution in [0.2, 0.25) is 0 Å². The summed E-state index contributed by atoms with van der Waals surface area (Å²) < 4.78 is 8.01. The molecular weight excluding hydrogens is 442 g/mol. The maximum atomic E-state index is 13.0. The number of ether oxygens (including phenoxy) is 1. The van der Waals surface area contributed by atoms with Crippen LogP contribution in [-0.4, -0.2) is 28.3 Å². The van der Waals surface area contributed by atoms with Crippen molar-refractivity contribution in [3.63, 3.8) is 0 Å². The molecule has 0 fully saturated rings. The van der Waals surface area contributed by atoms with Crippen molar-refractivity contribution in [3.8, 4) is 0 Å². The third-order valence-corrected chi connectivity index (χ3v) is 7.39. The molecule has 0 aliphatic heterocycles. The molecule has 0 radical (unpaired) electrons. The van der Waals surface area contributed by atoms with Crippen LogP contribution in [0.25, 0.3) is 0 Å². The number of aromatic nitrogens is 2. The van der Waals surface area contributed by atoms with Crippen molar-refractivity contribution in [1.82, 2.24) is 9.78 Å². The lowest BCUT2D eigenvalue weighted by molar-refractivity contribution is -0.119. The highest BCUT2D eigenvalue weighted by Gasteiger charge is 2.29. The number of hydrogen-bond donors (Lipinski definition) is 1. The number of carbonyl (C=O) groups is 2. The van der Waals surface area contributed by atoms with E-state index in [9.17, 15) is 9.59 Å². The lowest BCUT2D eigenvalue weighted by Crippen LogP contribution is -2.26. The Morgan fingerprint density at radius 2 is 2.04 bits per heavy atom. The molecular formula is C20H26BrN3O3S. The van der Waals surface area contributed by atoms with Gasteiger partial charge in [-0.15, -0.1) is 11.3 Å². The van der Waals surface area contributed by atoms with E-state index >= 15 is 0 Å². The highest BCUT2D eigenvalue weighted by Crippen LogP contribution is 2.39. The van der Waals surface area contributed by atoms with Gasteiger partial charge in [-0.05, 0) is 74.4 Å². The molecule has 2 aromatic rings. The Bertz CT molecular complexity index is 903. The highest BCUT2D eigenvalue weighted by molar-refractivity contribution is 9.10. The second-order valence-corrected chi connectivity index (χ2v) is 9.04. The van der Waals surface area contributed by atoms with E-state index in [-0.39, 0.29) is 11.9 Å². The summed E-state index contributed by atoms with van der Waals surface area (Å²) in [6, 6.07) is -0.497. The number of aryl methyl sites for hydroxylation is 2. The summed E-state index contributed by atoms with van der Waals surface area (Å²) in [7, 11) is 0. The topological polar surface area (TPSA) is 73.2 Å². The molecule has 1 aliphatic carbocycles. The predicted octanol–water partition coefficient (Wildman–Crippen LogP) is 4.97. The average Bonchev–Trinajstić information content (AvgIpc) is 3.17. The predicted molar refractivity (Wildman–Crippen MR) is 114 cm³/mol. The Kier molecular flexibility index (Phi) is 6.60. The van der Waals surface area contributed by atoms with Crippen LogP contribution in [0.5, 0.6) is 0 Å². The maximum Gasteiger partial charge on any atom is 0.341 e. The van der Waals surface area contributed by atoms with E-state index in [1.165, 1.54) is 16.2 Å². The van der Waals surface area contributed by atoms with E-state index in [1.54, 1.807) is 4.68 Å². The number of thiophene rings is 1. The minimum Gasteiger partial charge on any atom is -0.462 e. The summed E-state index contributed by atoms with van der Waals surface area (Å²) in [5.74, 6) is -0.528. The van der Waals surface area contributed by atoms with E-state index in [4.69, 9.17) is 4.74 Å². The fourth-order valence-electron chi connectivity index (χ4n) is 3.48. The first-order chi connectivity index (χ1) is 13.3. The molecule has 1 aliphatic rings. The summed E-state index contributed by atoms with van der Waals surface area (Å²) in [5, 5.41) is 8.04. The van der Waals surface area contributed by atoms with Crippen LogP contribution in [0, 0.1) is 13.8 Å². The number of hydrogen-bond acceptors (Lipinski definition) is 5. The number of rotatable bonds is 6. The molecule has 0 saturated carbocycles. The first kappa shape index (κ1) is 21.0. The molecule has 1 amide bonds. The van der Waals surface area contributed by atoms with Crippen molar-refractivity contribution in [2.24, 2.45) is 0 Å². The first-order valence-corrected chi connectivity index (χ1v) is 11.3. The number of esters is 1. The molecule has 6 nitrogen and oxygen atoms in total. The van der Waals surface area contributed by atoms with Gasteiger partial charge in [-0.25, -0.2) is 4.79 Å². The fourth-order valence-corrected chi connectivity index (χ4v) is 5.03. The molecule has 152 valence electrons. The van der Waals surface area contributed by atoms with Crippen molar-refractivity contribution >= 4 is 44.1 Å². The zero-order valence-electron chi connectivity index (χ0n) is 16.7. The van der Waals surface area contributed by atoms with Crippen LogP contribution in [0.15, 0.2) is 4.47 Å². The Balaban J connectivity index is 1.88. The molecule has 0 bridgehead atoms. The number of fused-ring (bicyclic) bond motifs is 1. The van der Waals surface area contributed by atoms with Gasteiger partial charge in [0.1, 0.15) is 11.0 Å². The fraction of sp³-hybridized carbons (Fsp3) is 0.550. The molecule has 2 aromatic heterocycles. The van der Waals surface area contributed by atoms with Gasteiger partial charge in [0.15, 0.2) is 0 Å². The molecule has 2 heterocycles. The molecule has 28 heavy (non-hydrogen) atoms. The van der Waals surface area contributed by atoms with Crippen molar-refractivity contribution < 1.29 is 14.3 Å². The number of amides is 1. The number of halogens is 1. The van der Waals surface area contributed by atoms with Crippen molar-refractivity contribution in [2.75, 3.05) is 11.9 Å². The van der Waals surface area contributed by atoms with Gasteiger partial charge in [0, 0.05) is 4.88 Å². The summed E-state index contributed by atoms with van der Waals surface area (Å²) in [5.41, 5.74) is 3.33. The summed E-state index contributed by atoms with van der Waals surface area (Å²) in [6.07, 6.45) is 4.74. The third kappa shape index (κ3) is 4.03. The molecule has 1 unspecified atom stereocenters. The molecule has 1 N–H and O–H groups in total. The molecule has 0 spiro atoms. The van der Waals surface area contributed by atoms with Gasteiger partial charge in [-0.2, -0.15) is 5.10 Å². The van der Waals surface area contributed by atoms with Gasteiger partial charge in [0.2, 0.25) is 5.91 Å². The Hall–Kier alpha value is -1.67. The Labute approximate surface area is 177 Å². The quantitative estimate of drug-likeness (QED) is 0.608. The molecule has 0 saturated heterocycles. The second kappa shape index (κ2) is 8.78. The lowest BCUT2D eigenvalue weighted by Gasteiger charge is -2.15. The van der Waals surface area contributed by atoms with E-state index < -0.39 is 6.04 Å². The van der Waals surface area contributed by atoms with E-state index in [0.29, 0.717) is 17.2 Å². The minimum absolute atomic E-state index is 0.193. The summed E-state index contributed by atoms with van der Waals surface area (Å²) in [6.45, 7) is 7.97. The number of anilines is 1. The van der Waals surface area contributed by atoms with E-state index in [0.717, 1.165) is 53.5 Å². The van der Waals surface area contributed by atoms with Gasteiger partial charge < -0.3 is 10.1 Å².